The Morgan fingerprint density at radius 3 is 2.50 bits per heavy atom. The number of pyridine rings is 1. The first-order valence-corrected chi connectivity index (χ1v) is 9.11. The monoisotopic (exact) mass is 430 g/mol. The molecule has 0 radical (unpaired) electrons. The second kappa shape index (κ2) is 8.17. The van der Waals surface area contributed by atoms with Crippen LogP contribution in [-0.4, -0.2) is 35.9 Å². The Morgan fingerprint density at radius 1 is 1.27 bits per heavy atom. The minimum Gasteiger partial charge on any atom is -0.493 e. The summed E-state index contributed by atoms with van der Waals surface area (Å²) in [5, 5.41) is 2.48. The van der Waals surface area contributed by atoms with Gasteiger partial charge in [0.1, 0.15) is 6.10 Å². The first-order valence-electron chi connectivity index (χ1n) is 9.11. The van der Waals surface area contributed by atoms with Gasteiger partial charge in [-0.1, -0.05) is 13.0 Å². The molecule has 1 amide bonds. The highest BCUT2D eigenvalue weighted by Gasteiger charge is 2.63. The summed E-state index contributed by atoms with van der Waals surface area (Å²) in [4.78, 5) is 16.6. The van der Waals surface area contributed by atoms with Gasteiger partial charge in [0.05, 0.1) is 7.11 Å². The number of rotatable bonds is 5. The van der Waals surface area contributed by atoms with Crippen molar-refractivity contribution in [2.75, 3.05) is 12.4 Å². The molecule has 0 aliphatic carbocycles. The third-order valence-electron chi connectivity index (χ3n) is 5.25. The molecule has 10 heteroatoms. The van der Waals surface area contributed by atoms with Crippen molar-refractivity contribution in [1.29, 1.82) is 0 Å². The maximum absolute atomic E-state index is 14.2. The van der Waals surface area contributed by atoms with Crippen LogP contribution in [0.15, 0.2) is 36.7 Å². The van der Waals surface area contributed by atoms with Crippen LogP contribution in [0, 0.1) is 11.6 Å². The summed E-state index contributed by atoms with van der Waals surface area (Å²) in [6.45, 7) is 1.29. The number of ether oxygens (including phenoxy) is 2. The van der Waals surface area contributed by atoms with E-state index in [1.165, 1.54) is 31.5 Å². The quantitative estimate of drug-likeness (QED) is 0.705. The van der Waals surface area contributed by atoms with Gasteiger partial charge < -0.3 is 14.8 Å². The molecule has 1 aromatic carbocycles. The maximum Gasteiger partial charge on any atom is 0.417 e. The fourth-order valence-corrected chi connectivity index (χ4v) is 3.65. The lowest BCUT2D eigenvalue weighted by Gasteiger charge is -2.30. The number of methoxy groups -OCH3 is 1. The lowest BCUT2D eigenvalue weighted by molar-refractivity contribution is -0.270. The average molecular weight is 430 g/mol. The van der Waals surface area contributed by atoms with E-state index in [1.54, 1.807) is 0 Å². The van der Waals surface area contributed by atoms with E-state index in [0.717, 1.165) is 19.2 Å². The second-order valence-electron chi connectivity index (χ2n) is 6.90. The molecule has 0 spiro atoms. The Hall–Kier alpha value is -2.75. The Labute approximate surface area is 169 Å². The number of carbonyl (C=O) groups is 1. The van der Waals surface area contributed by atoms with Crippen molar-refractivity contribution in [2.45, 2.75) is 43.6 Å². The van der Waals surface area contributed by atoms with Crippen molar-refractivity contribution in [2.24, 2.45) is 0 Å². The van der Waals surface area contributed by atoms with Gasteiger partial charge in [-0.25, -0.2) is 4.39 Å². The predicted molar refractivity (Wildman–Crippen MR) is 97.1 cm³/mol. The molecule has 2 aromatic rings. The summed E-state index contributed by atoms with van der Waals surface area (Å²) in [6.07, 6.45) is -4.71. The summed E-state index contributed by atoms with van der Waals surface area (Å²) >= 11 is 0. The largest absolute Gasteiger partial charge is 0.493 e. The Bertz CT molecular complexity index is 923. The summed E-state index contributed by atoms with van der Waals surface area (Å²) in [5.74, 6) is -5.19. The highest BCUT2D eigenvalue weighted by Crippen LogP contribution is 2.53. The molecule has 30 heavy (non-hydrogen) atoms. The van der Waals surface area contributed by atoms with Crippen molar-refractivity contribution < 1.29 is 36.2 Å². The predicted octanol–water partition coefficient (Wildman–Crippen LogP) is 4.59. The van der Waals surface area contributed by atoms with Crippen LogP contribution in [0.1, 0.15) is 31.2 Å². The zero-order chi connectivity index (χ0) is 22.1. The first-order chi connectivity index (χ1) is 14.1. The molecular weight excluding hydrogens is 411 g/mol. The van der Waals surface area contributed by atoms with Crippen molar-refractivity contribution in [3.8, 4) is 5.75 Å². The molecule has 1 aliphatic rings. The average Bonchev–Trinajstić information content (AvgIpc) is 3.12. The fourth-order valence-electron chi connectivity index (χ4n) is 3.65. The van der Waals surface area contributed by atoms with Crippen LogP contribution in [0.5, 0.6) is 5.75 Å². The summed E-state index contributed by atoms with van der Waals surface area (Å²) < 4.78 is 79.7. The van der Waals surface area contributed by atoms with Crippen LogP contribution >= 0.6 is 0 Å². The first kappa shape index (κ1) is 21.9. The van der Waals surface area contributed by atoms with Crippen LogP contribution in [0.2, 0.25) is 0 Å². The lowest BCUT2D eigenvalue weighted by atomic mass is 9.84. The zero-order valence-electron chi connectivity index (χ0n) is 16.1. The molecule has 1 saturated heterocycles. The van der Waals surface area contributed by atoms with Gasteiger partial charge in [-0.05, 0) is 31.0 Å². The van der Waals surface area contributed by atoms with Crippen LogP contribution in [0.25, 0.3) is 0 Å². The molecule has 0 saturated carbocycles. The number of amides is 1. The number of alkyl halides is 3. The standard InChI is InChI=1S/C20H19F5N2O3/c1-3-19(20(23,24)25)10-13(12-4-5-14(21)15(22)16(12)29-2)17(30-19)18(28)27-11-6-8-26-9-7-11/h4-9,13,17H,3,10H2,1-2H3,(H,26,27,28)/t13-,17+,19+/m0/s1. The van der Waals surface area contributed by atoms with Crippen molar-refractivity contribution in [1.82, 2.24) is 4.98 Å². The molecule has 3 rings (SSSR count). The minimum atomic E-state index is -4.78. The fraction of sp³-hybridized carbons (Fsp3) is 0.400. The molecule has 1 aromatic heterocycles. The highest BCUT2D eigenvalue weighted by molar-refractivity contribution is 5.95. The van der Waals surface area contributed by atoms with Gasteiger partial charge in [0.25, 0.3) is 5.91 Å². The molecule has 0 bridgehead atoms. The molecule has 162 valence electrons. The number of nitrogens with one attached hydrogen (secondary N) is 1. The SMILES string of the molecule is CC[C@]1(C(F)(F)F)C[C@@H](c2ccc(F)c(F)c2OC)[C@H](C(=O)Nc2ccncc2)O1. The van der Waals surface area contributed by atoms with Gasteiger partial charge in [0.15, 0.2) is 17.2 Å². The number of nitrogens with zero attached hydrogens (tertiary/aromatic N) is 1. The number of aromatic nitrogens is 1. The number of hydrogen-bond donors (Lipinski definition) is 1. The number of hydrogen-bond acceptors (Lipinski definition) is 4. The number of anilines is 1. The summed E-state index contributed by atoms with van der Waals surface area (Å²) in [6, 6.07) is 4.80. The van der Waals surface area contributed by atoms with Gasteiger partial charge in [0.2, 0.25) is 5.82 Å². The smallest absolute Gasteiger partial charge is 0.417 e. The minimum absolute atomic E-state index is 0.0779. The number of benzene rings is 1. The maximum atomic E-state index is 14.2. The molecule has 3 atom stereocenters. The third-order valence-corrected chi connectivity index (χ3v) is 5.25. The number of halogens is 5. The van der Waals surface area contributed by atoms with Gasteiger partial charge in [-0.15, -0.1) is 0 Å². The van der Waals surface area contributed by atoms with Gasteiger partial charge >= 0.3 is 6.18 Å². The Morgan fingerprint density at radius 2 is 1.93 bits per heavy atom. The van der Waals surface area contributed by atoms with E-state index in [4.69, 9.17) is 9.47 Å². The van der Waals surface area contributed by atoms with Crippen molar-refractivity contribution in [3.63, 3.8) is 0 Å². The van der Waals surface area contributed by atoms with E-state index in [2.05, 4.69) is 10.3 Å². The van der Waals surface area contributed by atoms with E-state index >= 15 is 0 Å². The van der Waals surface area contributed by atoms with E-state index in [0.29, 0.717) is 5.69 Å². The molecule has 2 heterocycles. The van der Waals surface area contributed by atoms with Crippen LogP contribution in [0.3, 0.4) is 0 Å². The van der Waals surface area contributed by atoms with E-state index in [9.17, 15) is 26.7 Å². The molecule has 1 fully saturated rings. The second-order valence-corrected chi connectivity index (χ2v) is 6.90. The third kappa shape index (κ3) is 3.83. The van der Waals surface area contributed by atoms with Crippen molar-refractivity contribution in [3.05, 3.63) is 53.9 Å². The topological polar surface area (TPSA) is 60.5 Å². The van der Waals surface area contributed by atoms with Crippen LogP contribution < -0.4 is 10.1 Å². The summed E-state index contributed by atoms with van der Waals surface area (Å²) in [7, 11) is 1.07. The Balaban J connectivity index is 2.05. The Kier molecular flexibility index (Phi) is 5.98. The van der Waals surface area contributed by atoms with E-state index in [-0.39, 0.29) is 5.56 Å². The molecular formula is C20H19F5N2O3. The normalized spacial score (nSPS) is 24.0. The van der Waals surface area contributed by atoms with Gasteiger partial charge in [0, 0.05) is 29.6 Å². The lowest BCUT2D eigenvalue weighted by Crippen LogP contribution is -2.45. The molecule has 0 unspecified atom stereocenters. The highest BCUT2D eigenvalue weighted by atomic mass is 19.4. The van der Waals surface area contributed by atoms with Gasteiger partial charge in [-0.2, -0.15) is 17.6 Å². The molecule has 5 nitrogen and oxygen atoms in total. The van der Waals surface area contributed by atoms with Crippen LogP contribution in [0.4, 0.5) is 27.6 Å². The van der Waals surface area contributed by atoms with E-state index in [1.807, 2.05) is 0 Å². The van der Waals surface area contributed by atoms with Gasteiger partial charge in [-0.3, -0.25) is 9.78 Å². The van der Waals surface area contributed by atoms with E-state index < -0.39 is 59.9 Å². The van der Waals surface area contributed by atoms with Crippen LogP contribution in [-0.2, 0) is 9.53 Å². The summed E-state index contributed by atoms with van der Waals surface area (Å²) in [5.41, 5.74) is -2.39. The number of carbonyl (C=O) groups excluding carboxylic acids is 1. The molecule has 1 N–H and O–H groups in total. The molecule has 1 aliphatic heterocycles. The zero-order valence-corrected chi connectivity index (χ0v) is 16.1. The van der Waals surface area contributed by atoms with Crippen molar-refractivity contribution >= 4 is 11.6 Å².